The summed E-state index contributed by atoms with van der Waals surface area (Å²) < 4.78 is 4.83. The molecular weight excluding hydrogens is 100 g/mol. The van der Waals surface area contributed by atoms with Gasteiger partial charge in [0, 0.05) is 13.2 Å². The number of hydrogen-bond donors (Lipinski definition) is 0. The summed E-state index contributed by atoms with van der Waals surface area (Å²) in [5.74, 6) is 0. The lowest BCUT2D eigenvalue weighted by molar-refractivity contribution is 0.162. The van der Waals surface area contributed by atoms with E-state index in [0.29, 0.717) is 0 Å². The summed E-state index contributed by atoms with van der Waals surface area (Å²) in [5.41, 5.74) is 0. The van der Waals surface area contributed by atoms with Crippen molar-refractivity contribution >= 4 is 0 Å². The quantitative estimate of drug-likeness (QED) is 0.503. The molecule has 0 aromatic heterocycles. The first-order chi connectivity index (χ1) is 3.83. The van der Waals surface area contributed by atoms with Crippen molar-refractivity contribution in [2.45, 2.75) is 20.8 Å². The first-order valence-corrected chi connectivity index (χ1v) is 2.98. The van der Waals surface area contributed by atoms with E-state index >= 15 is 0 Å². The Morgan fingerprint density at radius 2 is 1.62 bits per heavy atom. The normalized spacial score (nSPS) is 6.88. The number of ether oxygens (including phenoxy) is 1. The van der Waals surface area contributed by atoms with E-state index in [1.165, 1.54) is 0 Å². The number of hydrogen-bond acceptors (Lipinski definition) is 1. The fourth-order valence-corrected chi connectivity index (χ4v) is 0.204. The Morgan fingerprint density at radius 3 is 1.62 bits per heavy atom. The highest BCUT2D eigenvalue weighted by Crippen LogP contribution is 1.64. The lowest BCUT2D eigenvalue weighted by atomic mass is 10.8. The SMILES string of the molecule is C=CC.CCOCC. The van der Waals surface area contributed by atoms with Gasteiger partial charge in [-0.2, -0.15) is 0 Å². The van der Waals surface area contributed by atoms with Gasteiger partial charge < -0.3 is 4.74 Å². The van der Waals surface area contributed by atoms with E-state index in [-0.39, 0.29) is 0 Å². The zero-order valence-corrected chi connectivity index (χ0v) is 6.11. The molecule has 0 heterocycles. The van der Waals surface area contributed by atoms with Crippen LogP contribution in [0.4, 0.5) is 0 Å². The van der Waals surface area contributed by atoms with Gasteiger partial charge in [0.15, 0.2) is 0 Å². The summed E-state index contributed by atoms with van der Waals surface area (Å²) in [7, 11) is 0. The zero-order valence-electron chi connectivity index (χ0n) is 6.11. The molecule has 0 radical (unpaired) electrons. The van der Waals surface area contributed by atoms with Crippen LogP contribution in [0.1, 0.15) is 20.8 Å². The van der Waals surface area contributed by atoms with Gasteiger partial charge in [0.1, 0.15) is 0 Å². The van der Waals surface area contributed by atoms with Crippen LogP contribution in [0.2, 0.25) is 0 Å². The molecule has 0 aliphatic carbocycles. The third-order valence-electron chi connectivity index (χ3n) is 0.408. The molecule has 0 saturated heterocycles. The topological polar surface area (TPSA) is 9.23 Å². The van der Waals surface area contributed by atoms with Crippen LogP contribution in [-0.4, -0.2) is 13.2 Å². The first kappa shape index (κ1) is 10.6. The maximum atomic E-state index is 4.83. The van der Waals surface area contributed by atoms with Crippen molar-refractivity contribution in [2.24, 2.45) is 0 Å². The van der Waals surface area contributed by atoms with Crippen LogP contribution in [0.3, 0.4) is 0 Å². The Kier molecular flexibility index (Phi) is 21.1. The summed E-state index contributed by atoms with van der Waals surface area (Å²) in [4.78, 5) is 0. The molecule has 1 heteroatoms. The largest absolute Gasteiger partial charge is 0.382 e. The predicted octanol–water partition coefficient (Wildman–Crippen LogP) is 2.24. The second kappa shape index (κ2) is 15.9. The van der Waals surface area contributed by atoms with Crippen molar-refractivity contribution in [3.63, 3.8) is 0 Å². The van der Waals surface area contributed by atoms with Crippen LogP contribution >= 0.6 is 0 Å². The van der Waals surface area contributed by atoms with Gasteiger partial charge in [0.25, 0.3) is 0 Å². The molecule has 0 aromatic rings. The van der Waals surface area contributed by atoms with Gasteiger partial charge in [0.05, 0.1) is 0 Å². The number of allylic oxidation sites excluding steroid dienone is 1. The van der Waals surface area contributed by atoms with Crippen molar-refractivity contribution < 1.29 is 4.74 Å². The summed E-state index contributed by atoms with van der Waals surface area (Å²) >= 11 is 0. The van der Waals surface area contributed by atoms with E-state index < -0.39 is 0 Å². The van der Waals surface area contributed by atoms with E-state index in [4.69, 9.17) is 4.74 Å². The Morgan fingerprint density at radius 1 is 1.38 bits per heavy atom. The Hall–Kier alpha value is -0.300. The van der Waals surface area contributed by atoms with Crippen molar-refractivity contribution in [3.8, 4) is 0 Å². The minimum absolute atomic E-state index is 0.844. The highest BCUT2D eigenvalue weighted by molar-refractivity contribution is 4.51. The van der Waals surface area contributed by atoms with Gasteiger partial charge in [-0.1, -0.05) is 6.08 Å². The first-order valence-electron chi connectivity index (χ1n) is 2.98. The fourth-order valence-electron chi connectivity index (χ4n) is 0.204. The van der Waals surface area contributed by atoms with Crippen molar-refractivity contribution in [3.05, 3.63) is 12.7 Å². The smallest absolute Gasteiger partial charge is 0.0437 e. The maximum absolute atomic E-state index is 4.83. The van der Waals surface area contributed by atoms with Crippen LogP contribution in [0, 0.1) is 0 Å². The van der Waals surface area contributed by atoms with Gasteiger partial charge in [-0.25, -0.2) is 0 Å². The van der Waals surface area contributed by atoms with Crippen LogP contribution in [0.15, 0.2) is 12.7 Å². The average molecular weight is 116 g/mol. The Labute approximate surface area is 52.4 Å². The summed E-state index contributed by atoms with van der Waals surface area (Å²) in [6, 6.07) is 0. The van der Waals surface area contributed by atoms with Gasteiger partial charge in [-0.15, -0.1) is 6.58 Å². The predicted molar refractivity (Wildman–Crippen MR) is 38.0 cm³/mol. The second-order valence-electron chi connectivity index (χ2n) is 1.19. The molecule has 0 amide bonds. The maximum Gasteiger partial charge on any atom is 0.0437 e. The van der Waals surface area contributed by atoms with Gasteiger partial charge in [-0.05, 0) is 20.8 Å². The van der Waals surface area contributed by atoms with Crippen LogP contribution in [0.25, 0.3) is 0 Å². The third kappa shape index (κ3) is 43.6. The molecule has 0 N–H and O–H groups in total. The van der Waals surface area contributed by atoms with Gasteiger partial charge in [-0.3, -0.25) is 0 Å². The van der Waals surface area contributed by atoms with Crippen molar-refractivity contribution in [2.75, 3.05) is 13.2 Å². The van der Waals surface area contributed by atoms with Crippen molar-refractivity contribution in [1.29, 1.82) is 0 Å². The summed E-state index contributed by atoms with van der Waals surface area (Å²) in [6.45, 7) is 10.9. The lowest BCUT2D eigenvalue weighted by Crippen LogP contribution is -1.84. The highest BCUT2D eigenvalue weighted by Gasteiger charge is 1.64. The molecule has 0 bridgehead atoms. The zero-order chi connectivity index (χ0) is 6.83. The minimum atomic E-state index is 0.844. The van der Waals surface area contributed by atoms with E-state index in [2.05, 4.69) is 6.58 Å². The molecule has 0 fully saturated rings. The Bertz CT molecular complexity index is 31.4. The standard InChI is InChI=1S/C4H10O.C3H6/c1-3-5-4-2;1-3-2/h3-4H2,1-2H3;3H,1H2,2H3. The summed E-state index contributed by atoms with van der Waals surface area (Å²) in [6.07, 6.45) is 1.75. The van der Waals surface area contributed by atoms with E-state index in [9.17, 15) is 0 Å². The van der Waals surface area contributed by atoms with Gasteiger partial charge in [0.2, 0.25) is 0 Å². The molecule has 8 heavy (non-hydrogen) atoms. The second-order valence-corrected chi connectivity index (χ2v) is 1.19. The van der Waals surface area contributed by atoms with Crippen LogP contribution in [-0.2, 0) is 4.74 Å². The van der Waals surface area contributed by atoms with Crippen LogP contribution in [0.5, 0.6) is 0 Å². The summed E-state index contributed by atoms with van der Waals surface area (Å²) in [5, 5.41) is 0. The molecular formula is C7H16O. The van der Waals surface area contributed by atoms with Crippen LogP contribution < -0.4 is 0 Å². The molecule has 50 valence electrons. The molecule has 0 unspecified atom stereocenters. The lowest BCUT2D eigenvalue weighted by Gasteiger charge is -1.86. The molecule has 0 aliphatic rings. The third-order valence-corrected chi connectivity index (χ3v) is 0.408. The molecule has 0 atom stereocenters. The molecule has 0 rings (SSSR count). The molecule has 0 aliphatic heterocycles. The van der Waals surface area contributed by atoms with Crippen molar-refractivity contribution in [1.82, 2.24) is 0 Å². The molecule has 0 aromatic carbocycles. The Balaban J connectivity index is 0. The molecule has 0 saturated carbocycles. The van der Waals surface area contributed by atoms with Gasteiger partial charge >= 0.3 is 0 Å². The monoisotopic (exact) mass is 116 g/mol. The molecule has 0 spiro atoms. The van der Waals surface area contributed by atoms with E-state index in [0.717, 1.165) is 13.2 Å². The highest BCUT2D eigenvalue weighted by atomic mass is 16.5. The molecule has 1 nitrogen and oxygen atoms in total. The fraction of sp³-hybridized carbons (Fsp3) is 0.714. The number of rotatable bonds is 2. The average Bonchev–Trinajstić information content (AvgIpc) is 1.71. The van der Waals surface area contributed by atoms with E-state index in [1.807, 2.05) is 20.8 Å². The van der Waals surface area contributed by atoms with E-state index in [1.54, 1.807) is 6.08 Å². The minimum Gasteiger partial charge on any atom is -0.382 e.